The van der Waals surface area contributed by atoms with E-state index in [1.165, 1.54) is 30.5 Å². The molecule has 126 valence electrons. The Morgan fingerprint density at radius 1 is 1.12 bits per heavy atom. The number of nitrogens with zero attached hydrogens (tertiary/aromatic N) is 3. The summed E-state index contributed by atoms with van der Waals surface area (Å²) in [7, 11) is 0. The topological polar surface area (TPSA) is 50.7 Å². The Balaban J connectivity index is 1.58. The van der Waals surface area contributed by atoms with E-state index in [2.05, 4.69) is 31.1 Å². The van der Waals surface area contributed by atoms with Gasteiger partial charge in [-0.25, -0.2) is 9.97 Å². The number of nitrogens with one attached hydrogen (secondary N) is 1. The summed E-state index contributed by atoms with van der Waals surface area (Å²) < 4.78 is 0. The van der Waals surface area contributed by atoms with E-state index in [1.807, 2.05) is 18.3 Å². The Bertz CT molecular complexity index is 727. The van der Waals surface area contributed by atoms with Crippen molar-refractivity contribution in [2.45, 2.75) is 58.9 Å². The number of aromatic nitrogens is 3. The maximum absolute atomic E-state index is 4.86. The van der Waals surface area contributed by atoms with Gasteiger partial charge in [0.1, 0.15) is 5.82 Å². The van der Waals surface area contributed by atoms with E-state index in [0.29, 0.717) is 11.5 Å². The van der Waals surface area contributed by atoms with Crippen molar-refractivity contribution in [1.82, 2.24) is 15.0 Å². The molecule has 0 radical (unpaired) electrons. The maximum atomic E-state index is 4.86. The van der Waals surface area contributed by atoms with Gasteiger partial charge in [-0.3, -0.25) is 4.98 Å². The monoisotopic (exact) mass is 322 g/mol. The molecule has 0 saturated heterocycles. The first-order valence-electron chi connectivity index (χ1n) is 9.07. The van der Waals surface area contributed by atoms with Gasteiger partial charge in [0.05, 0.1) is 0 Å². The fraction of sp³-hybridized carbons (Fsp3) is 0.550. The van der Waals surface area contributed by atoms with E-state index in [0.717, 1.165) is 36.0 Å². The third-order valence-electron chi connectivity index (χ3n) is 5.56. The second kappa shape index (κ2) is 5.83. The minimum atomic E-state index is 0.409. The van der Waals surface area contributed by atoms with Gasteiger partial charge < -0.3 is 5.32 Å². The van der Waals surface area contributed by atoms with Gasteiger partial charge in [0.25, 0.3) is 0 Å². The average molecular weight is 322 g/mol. The predicted molar refractivity (Wildman–Crippen MR) is 96.9 cm³/mol. The smallest absolute Gasteiger partial charge is 0.163 e. The zero-order valence-corrected chi connectivity index (χ0v) is 14.8. The van der Waals surface area contributed by atoms with Crippen molar-refractivity contribution in [3.63, 3.8) is 0 Å². The fourth-order valence-electron chi connectivity index (χ4n) is 3.81. The average Bonchev–Trinajstić information content (AvgIpc) is 2.98. The van der Waals surface area contributed by atoms with Crippen LogP contribution in [-0.2, 0) is 12.8 Å². The summed E-state index contributed by atoms with van der Waals surface area (Å²) in [4.78, 5) is 13.9. The number of anilines is 1. The number of fused-ring (bicyclic) bond motifs is 1. The van der Waals surface area contributed by atoms with Crippen LogP contribution in [0.1, 0.15) is 51.3 Å². The molecule has 0 bridgehead atoms. The van der Waals surface area contributed by atoms with Gasteiger partial charge in [-0.1, -0.05) is 20.8 Å². The van der Waals surface area contributed by atoms with Crippen molar-refractivity contribution in [3.8, 4) is 11.4 Å². The van der Waals surface area contributed by atoms with E-state index in [9.17, 15) is 0 Å². The largest absolute Gasteiger partial charge is 0.367 e. The molecule has 2 heterocycles. The lowest BCUT2D eigenvalue weighted by molar-refractivity contribution is 0.126. The molecule has 1 N–H and O–H groups in total. The number of hydrogen-bond acceptors (Lipinski definition) is 4. The minimum Gasteiger partial charge on any atom is -0.367 e. The molecule has 4 heteroatoms. The Labute approximate surface area is 144 Å². The van der Waals surface area contributed by atoms with Crippen LogP contribution in [0.2, 0.25) is 0 Å². The van der Waals surface area contributed by atoms with Crippen LogP contribution in [-0.4, -0.2) is 21.0 Å². The molecule has 0 spiro atoms. The van der Waals surface area contributed by atoms with Gasteiger partial charge in [-0.2, -0.15) is 0 Å². The van der Waals surface area contributed by atoms with E-state index in [1.54, 1.807) is 6.20 Å². The fourth-order valence-corrected chi connectivity index (χ4v) is 3.81. The van der Waals surface area contributed by atoms with Crippen molar-refractivity contribution >= 4 is 5.82 Å². The lowest BCUT2D eigenvalue weighted by Gasteiger charge is -2.44. The molecule has 1 saturated carbocycles. The summed E-state index contributed by atoms with van der Waals surface area (Å²) in [5.41, 5.74) is 3.96. The van der Waals surface area contributed by atoms with Crippen LogP contribution in [0.3, 0.4) is 0 Å². The van der Waals surface area contributed by atoms with Crippen LogP contribution in [0.5, 0.6) is 0 Å². The molecule has 0 atom stereocenters. The predicted octanol–water partition coefficient (Wildman–Crippen LogP) is 4.26. The second-order valence-corrected chi connectivity index (χ2v) is 8.29. The summed E-state index contributed by atoms with van der Waals surface area (Å²) in [6.45, 7) is 7.03. The maximum Gasteiger partial charge on any atom is 0.163 e. The highest BCUT2D eigenvalue weighted by Gasteiger charge is 2.37. The third kappa shape index (κ3) is 2.90. The number of hydrogen-bond donors (Lipinski definition) is 1. The van der Waals surface area contributed by atoms with Crippen LogP contribution in [0, 0.1) is 11.3 Å². The van der Waals surface area contributed by atoms with Crippen LogP contribution < -0.4 is 5.32 Å². The molecule has 0 amide bonds. The van der Waals surface area contributed by atoms with E-state index in [4.69, 9.17) is 9.97 Å². The molecule has 0 unspecified atom stereocenters. The van der Waals surface area contributed by atoms with E-state index < -0.39 is 0 Å². The van der Waals surface area contributed by atoms with Crippen molar-refractivity contribution in [3.05, 3.63) is 35.8 Å². The summed E-state index contributed by atoms with van der Waals surface area (Å²) in [5.74, 6) is 2.68. The summed E-state index contributed by atoms with van der Waals surface area (Å²) in [6.07, 6.45) is 9.46. The van der Waals surface area contributed by atoms with E-state index in [-0.39, 0.29) is 0 Å². The highest BCUT2D eigenvalue weighted by atomic mass is 15.1. The van der Waals surface area contributed by atoms with Crippen molar-refractivity contribution in [1.29, 1.82) is 0 Å². The lowest BCUT2D eigenvalue weighted by Crippen LogP contribution is -2.42. The molecule has 2 aromatic rings. The van der Waals surface area contributed by atoms with Crippen molar-refractivity contribution < 1.29 is 0 Å². The van der Waals surface area contributed by atoms with Gasteiger partial charge in [-0.15, -0.1) is 0 Å². The summed E-state index contributed by atoms with van der Waals surface area (Å²) in [5, 5.41) is 3.72. The third-order valence-corrected chi connectivity index (χ3v) is 5.56. The van der Waals surface area contributed by atoms with E-state index >= 15 is 0 Å². The molecular weight excluding hydrogens is 296 g/mol. The lowest BCUT2D eigenvalue weighted by atomic mass is 9.66. The standard InChI is InChI=1S/C20H26N4/c1-20(2,3)14-10-15(11-14)22-19-16-7-4-8-17(16)23-18(24-19)13-6-5-9-21-12-13/h5-6,9,12,14-15H,4,7-8,10-11H2,1-3H3,(H,22,23,24). The summed E-state index contributed by atoms with van der Waals surface area (Å²) >= 11 is 0. The number of aryl methyl sites for hydroxylation is 1. The van der Waals surface area contributed by atoms with Gasteiger partial charge in [0.15, 0.2) is 5.82 Å². The highest BCUT2D eigenvalue weighted by Crippen LogP contribution is 2.43. The first-order chi connectivity index (χ1) is 11.5. The van der Waals surface area contributed by atoms with Gasteiger partial charge in [0.2, 0.25) is 0 Å². The summed E-state index contributed by atoms with van der Waals surface area (Å²) in [6, 6.07) is 4.53. The molecule has 2 aliphatic carbocycles. The quantitative estimate of drug-likeness (QED) is 0.917. The molecule has 2 aliphatic rings. The van der Waals surface area contributed by atoms with Crippen molar-refractivity contribution in [2.24, 2.45) is 11.3 Å². The normalized spacial score (nSPS) is 22.8. The highest BCUT2D eigenvalue weighted by molar-refractivity contribution is 5.60. The van der Waals surface area contributed by atoms with Crippen LogP contribution in [0.25, 0.3) is 11.4 Å². The van der Waals surface area contributed by atoms with Crippen LogP contribution >= 0.6 is 0 Å². The first-order valence-corrected chi connectivity index (χ1v) is 9.07. The molecule has 0 aliphatic heterocycles. The second-order valence-electron chi connectivity index (χ2n) is 8.29. The van der Waals surface area contributed by atoms with Crippen LogP contribution in [0.4, 0.5) is 5.82 Å². The molecule has 4 nitrogen and oxygen atoms in total. The SMILES string of the molecule is CC(C)(C)C1CC(Nc2nc(-c3cccnc3)nc3c2CCC3)C1. The van der Waals surface area contributed by atoms with Crippen LogP contribution in [0.15, 0.2) is 24.5 Å². The first kappa shape index (κ1) is 15.6. The van der Waals surface area contributed by atoms with Gasteiger partial charge >= 0.3 is 0 Å². The molecular formula is C20H26N4. The molecule has 2 aromatic heterocycles. The molecule has 24 heavy (non-hydrogen) atoms. The van der Waals surface area contributed by atoms with Gasteiger partial charge in [0, 0.05) is 35.3 Å². The Morgan fingerprint density at radius 3 is 2.67 bits per heavy atom. The zero-order chi connectivity index (χ0) is 16.7. The number of pyridine rings is 1. The Hall–Kier alpha value is -1.97. The zero-order valence-electron chi connectivity index (χ0n) is 14.8. The Kier molecular flexibility index (Phi) is 3.78. The molecule has 1 fully saturated rings. The van der Waals surface area contributed by atoms with Gasteiger partial charge in [-0.05, 0) is 55.6 Å². The number of rotatable bonds is 3. The molecule has 4 rings (SSSR count). The minimum absolute atomic E-state index is 0.409. The van der Waals surface area contributed by atoms with Crippen molar-refractivity contribution in [2.75, 3.05) is 5.32 Å². The Morgan fingerprint density at radius 2 is 1.96 bits per heavy atom. The molecule has 0 aromatic carbocycles.